The number of rotatable bonds is 2. The number of nitrogens with zero attached hydrogens (tertiary/aromatic N) is 3. The van der Waals surface area contributed by atoms with E-state index in [1.165, 1.54) is 5.13 Å². The number of thiazole rings is 1. The molecule has 0 atom stereocenters. The summed E-state index contributed by atoms with van der Waals surface area (Å²) in [6, 6.07) is 0. The van der Waals surface area contributed by atoms with E-state index in [1.807, 2.05) is 0 Å². The maximum atomic E-state index is 4.56. The Kier molecular flexibility index (Phi) is 3.41. The second-order valence-electron chi connectivity index (χ2n) is 3.55. The Morgan fingerprint density at radius 3 is 2.71 bits per heavy atom. The maximum absolute atomic E-state index is 4.56. The number of alkyl halides is 1. The van der Waals surface area contributed by atoms with E-state index in [0.29, 0.717) is 0 Å². The molecule has 0 saturated carbocycles. The minimum Gasteiger partial charge on any atom is -0.346 e. The lowest BCUT2D eigenvalue weighted by Gasteiger charge is -2.32. The Balaban J connectivity index is 2.01. The van der Waals surface area contributed by atoms with E-state index in [1.54, 1.807) is 11.3 Å². The third kappa shape index (κ3) is 2.27. The zero-order valence-corrected chi connectivity index (χ0v) is 10.6. The molecule has 1 aliphatic heterocycles. The zero-order chi connectivity index (χ0) is 9.97. The molecule has 1 fully saturated rings. The largest absolute Gasteiger partial charge is 0.346 e. The van der Waals surface area contributed by atoms with Crippen LogP contribution in [0, 0.1) is 0 Å². The van der Waals surface area contributed by atoms with Gasteiger partial charge in [-0.25, -0.2) is 4.98 Å². The number of anilines is 1. The fourth-order valence-electron chi connectivity index (χ4n) is 1.50. The third-order valence-electron chi connectivity index (χ3n) is 2.45. The number of likely N-dealkylation sites (N-methyl/N-ethyl adjacent to an activating group) is 1. The molecule has 2 heterocycles. The lowest BCUT2D eigenvalue weighted by molar-refractivity contribution is 0.312. The standard InChI is InChI=1S/C9H14BrN3S/c1-12-2-4-13(5-3-12)9-11-8(6-10)7-14-9/h7H,2-6H2,1H3. The fraction of sp³-hybridized carbons (Fsp3) is 0.667. The van der Waals surface area contributed by atoms with Crippen molar-refractivity contribution in [1.29, 1.82) is 0 Å². The molecular formula is C9H14BrN3S. The van der Waals surface area contributed by atoms with Gasteiger partial charge in [0.15, 0.2) is 5.13 Å². The van der Waals surface area contributed by atoms with Crippen molar-refractivity contribution in [3.8, 4) is 0 Å². The van der Waals surface area contributed by atoms with Crippen molar-refractivity contribution in [3.05, 3.63) is 11.1 Å². The molecule has 0 aliphatic carbocycles. The van der Waals surface area contributed by atoms with Crippen LogP contribution < -0.4 is 4.90 Å². The van der Waals surface area contributed by atoms with Crippen LogP contribution in [0.5, 0.6) is 0 Å². The molecule has 78 valence electrons. The summed E-state index contributed by atoms with van der Waals surface area (Å²) >= 11 is 5.17. The van der Waals surface area contributed by atoms with Gasteiger partial charge in [-0.2, -0.15) is 0 Å². The molecule has 0 unspecified atom stereocenters. The highest BCUT2D eigenvalue weighted by atomic mass is 79.9. The summed E-state index contributed by atoms with van der Waals surface area (Å²) in [7, 11) is 2.17. The Hall–Kier alpha value is -0.130. The lowest BCUT2D eigenvalue weighted by Crippen LogP contribution is -2.44. The van der Waals surface area contributed by atoms with Gasteiger partial charge in [-0.05, 0) is 7.05 Å². The highest BCUT2D eigenvalue weighted by Crippen LogP contribution is 2.22. The van der Waals surface area contributed by atoms with Gasteiger partial charge in [0, 0.05) is 36.9 Å². The van der Waals surface area contributed by atoms with Crippen molar-refractivity contribution in [2.45, 2.75) is 5.33 Å². The monoisotopic (exact) mass is 275 g/mol. The Morgan fingerprint density at radius 1 is 1.43 bits per heavy atom. The van der Waals surface area contributed by atoms with Crippen LogP contribution in [-0.4, -0.2) is 43.1 Å². The van der Waals surface area contributed by atoms with Crippen LogP contribution in [0.3, 0.4) is 0 Å². The third-order valence-corrected chi connectivity index (χ3v) is 3.98. The average Bonchev–Trinajstić information content (AvgIpc) is 2.67. The van der Waals surface area contributed by atoms with Crippen LogP contribution in [-0.2, 0) is 5.33 Å². The molecule has 0 bridgehead atoms. The summed E-state index contributed by atoms with van der Waals surface area (Å²) in [6.07, 6.45) is 0. The Labute approximate surface area is 96.9 Å². The normalized spacial score (nSPS) is 18.9. The van der Waals surface area contributed by atoms with Crippen molar-refractivity contribution < 1.29 is 0 Å². The van der Waals surface area contributed by atoms with E-state index in [2.05, 4.69) is 43.1 Å². The number of halogens is 1. The van der Waals surface area contributed by atoms with Crippen LogP contribution in [0.15, 0.2) is 5.38 Å². The Bertz CT molecular complexity index is 294. The molecule has 0 radical (unpaired) electrons. The van der Waals surface area contributed by atoms with E-state index >= 15 is 0 Å². The highest BCUT2D eigenvalue weighted by Gasteiger charge is 2.16. The summed E-state index contributed by atoms with van der Waals surface area (Å²) in [5.41, 5.74) is 1.14. The van der Waals surface area contributed by atoms with Gasteiger partial charge in [-0.15, -0.1) is 11.3 Å². The molecule has 0 spiro atoms. The van der Waals surface area contributed by atoms with Gasteiger partial charge in [-0.3, -0.25) is 0 Å². The van der Waals surface area contributed by atoms with Crippen LogP contribution >= 0.6 is 27.3 Å². The SMILES string of the molecule is CN1CCN(c2nc(CBr)cs2)CC1. The highest BCUT2D eigenvalue weighted by molar-refractivity contribution is 9.08. The van der Waals surface area contributed by atoms with E-state index in [0.717, 1.165) is 37.2 Å². The minimum absolute atomic E-state index is 0.858. The molecule has 0 amide bonds. The summed E-state index contributed by atoms with van der Waals surface area (Å²) in [4.78, 5) is 9.29. The first-order valence-corrected chi connectivity index (χ1v) is 6.73. The van der Waals surface area contributed by atoms with Crippen LogP contribution in [0.2, 0.25) is 0 Å². The first kappa shape index (κ1) is 10.4. The van der Waals surface area contributed by atoms with Crippen LogP contribution in [0.4, 0.5) is 5.13 Å². The molecule has 0 N–H and O–H groups in total. The first-order chi connectivity index (χ1) is 6.79. The zero-order valence-electron chi connectivity index (χ0n) is 8.24. The smallest absolute Gasteiger partial charge is 0.185 e. The molecule has 1 saturated heterocycles. The predicted octanol–water partition coefficient (Wildman–Crippen LogP) is 1.79. The van der Waals surface area contributed by atoms with Crippen LogP contribution in [0.25, 0.3) is 0 Å². The molecule has 1 aromatic rings. The minimum atomic E-state index is 0.858. The van der Waals surface area contributed by atoms with E-state index in [4.69, 9.17) is 0 Å². The van der Waals surface area contributed by atoms with E-state index in [9.17, 15) is 0 Å². The van der Waals surface area contributed by atoms with Gasteiger partial charge in [0.05, 0.1) is 5.69 Å². The van der Waals surface area contributed by atoms with E-state index < -0.39 is 0 Å². The molecule has 1 aliphatic rings. The van der Waals surface area contributed by atoms with Gasteiger partial charge in [0.2, 0.25) is 0 Å². The van der Waals surface area contributed by atoms with Gasteiger partial charge >= 0.3 is 0 Å². The summed E-state index contributed by atoms with van der Waals surface area (Å²) in [6.45, 7) is 4.49. The molecule has 2 rings (SSSR count). The van der Waals surface area contributed by atoms with Crippen molar-refractivity contribution in [3.63, 3.8) is 0 Å². The van der Waals surface area contributed by atoms with Crippen molar-refractivity contribution in [1.82, 2.24) is 9.88 Å². The molecule has 0 aromatic carbocycles. The van der Waals surface area contributed by atoms with Crippen molar-refractivity contribution in [2.75, 3.05) is 38.1 Å². The van der Waals surface area contributed by atoms with Crippen molar-refractivity contribution >= 4 is 32.4 Å². The Morgan fingerprint density at radius 2 is 2.14 bits per heavy atom. The average molecular weight is 276 g/mol. The first-order valence-electron chi connectivity index (χ1n) is 4.73. The fourth-order valence-corrected chi connectivity index (χ4v) is 2.88. The second kappa shape index (κ2) is 4.59. The molecular weight excluding hydrogens is 262 g/mol. The van der Waals surface area contributed by atoms with Gasteiger partial charge in [-0.1, -0.05) is 15.9 Å². The summed E-state index contributed by atoms with van der Waals surface area (Å²) < 4.78 is 0. The molecule has 3 nitrogen and oxygen atoms in total. The molecule has 1 aromatic heterocycles. The topological polar surface area (TPSA) is 19.4 Å². The molecule has 14 heavy (non-hydrogen) atoms. The number of hydrogen-bond acceptors (Lipinski definition) is 4. The number of piperazine rings is 1. The summed E-state index contributed by atoms with van der Waals surface area (Å²) in [5.74, 6) is 0. The van der Waals surface area contributed by atoms with E-state index in [-0.39, 0.29) is 0 Å². The maximum Gasteiger partial charge on any atom is 0.185 e. The quantitative estimate of drug-likeness (QED) is 0.768. The predicted molar refractivity (Wildman–Crippen MR) is 64.5 cm³/mol. The van der Waals surface area contributed by atoms with Gasteiger partial charge in [0.25, 0.3) is 0 Å². The molecule has 5 heteroatoms. The lowest BCUT2D eigenvalue weighted by atomic mass is 10.3. The van der Waals surface area contributed by atoms with Gasteiger partial charge < -0.3 is 9.80 Å². The number of hydrogen-bond donors (Lipinski definition) is 0. The van der Waals surface area contributed by atoms with Crippen LogP contribution in [0.1, 0.15) is 5.69 Å². The van der Waals surface area contributed by atoms with Gasteiger partial charge in [0.1, 0.15) is 0 Å². The summed E-state index contributed by atoms with van der Waals surface area (Å²) in [5, 5.41) is 4.16. The number of aromatic nitrogens is 1. The second-order valence-corrected chi connectivity index (χ2v) is 4.94. The van der Waals surface area contributed by atoms with Crippen molar-refractivity contribution in [2.24, 2.45) is 0 Å².